The number of ether oxygens (including phenoxy) is 1. The fourth-order valence-electron chi connectivity index (χ4n) is 6.23. The van der Waals surface area contributed by atoms with Crippen molar-refractivity contribution < 1.29 is 9.84 Å². The maximum absolute atomic E-state index is 14.4. The molecule has 0 aliphatic heterocycles. The van der Waals surface area contributed by atoms with Gasteiger partial charge in [-0.1, -0.05) is 55.8 Å². The molecule has 2 aromatic heterocycles. The molecule has 1 atom stereocenters. The topological polar surface area (TPSA) is 105 Å². The summed E-state index contributed by atoms with van der Waals surface area (Å²) in [5.74, 6) is 1.25. The number of hydrogen-bond donors (Lipinski definition) is 1. The molecule has 2 heterocycles. The SMILES string of the molecule is CCCc1c(Cc2ccc(-c3ccccc3C#N)cc2)c(=O)n(C2CCC(C)(OC(C)C(C)(C)O)CC2)c2nc(C)nn12. The van der Waals surface area contributed by atoms with Crippen molar-refractivity contribution in [1.82, 2.24) is 19.2 Å². The van der Waals surface area contributed by atoms with Crippen LogP contribution >= 0.6 is 0 Å². The minimum atomic E-state index is -0.927. The van der Waals surface area contributed by atoms with Gasteiger partial charge in [0, 0.05) is 18.0 Å². The van der Waals surface area contributed by atoms with E-state index in [4.69, 9.17) is 14.8 Å². The van der Waals surface area contributed by atoms with Crippen LogP contribution in [0.2, 0.25) is 0 Å². The predicted octanol–water partition coefficient (Wildman–Crippen LogP) is 6.33. The third-order valence-electron chi connectivity index (χ3n) is 9.01. The van der Waals surface area contributed by atoms with Crippen LogP contribution in [-0.2, 0) is 17.6 Å². The van der Waals surface area contributed by atoms with Gasteiger partial charge in [0.05, 0.1) is 34.6 Å². The number of nitriles is 1. The first kappa shape index (κ1) is 30.7. The van der Waals surface area contributed by atoms with Gasteiger partial charge >= 0.3 is 0 Å². The Morgan fingerprint density at radius 1 is 1.16 bits per heavy atom. The van der Waals surface area contributed by atoms with Crippen LogP contribution in [0, 0.1) is 18.3 Å². The van der Waals surface area contributed by atoms with E-state index < -0.39 is 5.60 Å². The Labute approximate surface area is 254 Å². The van der Waals surface area contributed by atoms with Crippen molar-refractivity contribution in [3.05, 3.63) is 87.1 Å². The molecule has 0 spiro atoms. The van der Waals surface area contributed by atoms with E-state index in [1.165, 1.54) is 0 Å². The lowest BCUT2D eigenvalue weighted by Gasteiger charge is -2.42. The molecule has 1 unspecified atom stereocenters. The van der Waals surface area contributed by atoms with Crippen LogP contribution in [0.1, 0.15) is 101 Å². The van der Waals surface area contributed by atoms with Gasteiger partial charge in [0.25, 0.3) is 5.56 Å². The van der Waals surface area contributed by atoms with Crippen molar-refractivity contribution in [2.45, 2.75) is 110 Å². The van der Waals surface area contributed by atoms with Gasteiger partial charge in [0.2, 0.25) is 5.78 Å². The zero-order valence-electron chi connectivity index (χ0n) is 26.2. The molecule has 5 rings (SSSR count). The standard InChI is InChI=1S/C35H43N5O3/c1-7-10-31-30(21-25-13-15-26(16-14-25)29-12-9-8-11-27(29)22-36)32(41)39(33-37-24(3)38-40(31)33)28-17-19-35(6,20-18-28)43-23(2)34(4,5)42/h8-9,11-16,23,28,42H,7,10,17-21H2,1-6H3. The van der Waals surface area contributed by atoms with Crippen LogP contribution in [0.4, 0.5) is 0 Å². The van der Waals surface area contributed by atoms with E-state index in [2.05, 4.69) is 19.9 Å². The van der Waals surface area contributed by atoms with E-state index in [1.54, 1.807) is 13.8 Å². The zero-order valence-corrected chi connectivity index (χ0v) is 26.2. The van der Waals surface area contributed by atoms with Crippen LogP contribution in [0.15, 0.2) is 53.3 Å². The maximum Gasteiger partial charge on any atom is 0.259 e. The van der Waals surface area contributed by atoms with Crippen LogP contribution in [-0.4, -0.2) is 41.6 Å². The monoisotopic (exact) mass is 581 g/mol. The summed E-state index contributed by atoms with van der Waals surface area (Å²) in [6.45, 7) is 11.6. The van der Waals surface area contributed by atoms with Crippen LogP contribution in [0.25, 0.3) is 16.9 Å². The summed E-state index contributed by atoms with van der Waals surface area (Å²) in [7, 11) is 0. The lowest BCUT2D eigenvalue weighted by Crippen LogP contribution is -2.45. The Kier molecular flexibility index (Phi) is 8.60. The van der Waals surface area contributed by atoms with Gasteiger partial charge in [-0.25, -0.2) is 4.52 Å². The highest BCUT2D eigenvalue weighted by Crippen LogP contribution is 2.39. The first-order valence-electron chi connectivity index (χ1n) is 15.4. The Hall–Kier alpha value is -3.80. The second-order valence-electron chi connectivity index (χ2n) is 12.8. The van der Waals surface area contributed by atoms with E-state index in [9.17, 15) is 15.2 Å². The summed E-state index contributed by atoms with van der Waals surface area (Å²) in [6, 6.07) is 18.0. The minimum Gasteiger partial charge on any atom is -0.388 e. The number of nitrogens with zero attached hydrogens (tertiary/aromatic N) is 5. The van der Waals surface area contributed by atoms with Gasteiger partial charge in [0.1, 0.15) is 5.82 Å². The van der Waals surface area contributed by atoms with Crippen LogP contribution < -0.4 is 5.56 Å². The first-order chi connectivity index (χ1) is 20.4. The highest BCUT2D eigenvalue weighted by molar-refractivity contribution is 5.70. The molecule has 0 bridgehead atoms. The largest absolute Gasteiger partial charge is 0.388 e. The molecule has 1 aliphatic rings. The van der Waals surface area contributed by atoms with Crippen LogP contribution in [0.3, 0.4) is 0 Å². The summed E-state index contributed by atoms with van der Waals surface area (Å²) in [6.07, 6.45) is 4.90. The molecular weight excluding hydrogens is 538 g/mol. The van der Waals surface area contributed by atoms with Crippen molar-refractivity contribution >= 4 is 5.78 Å². The highest BCUT2D eigenvalue weighted by Gasteiger charge is 2.38. The molecule has 0 amide bonds. The van der Waals surface area contributed by atoms with Crippen molar-refractivity contribution in [2.24, 2.45) is 0 Å². The number of fused-ring (bicyclic) bond motifs is 1. The summed E-state index contributed by atoms with van der Waals surface area (Å²) in [5.41, 5.74) is 3.92. The van der Waals surface area contributed by atoms with E-state index in [1.807, 2.05) is 71.5 Å². The second kappa shape index (κ2) is 12.1. The lowest BCUT2D eigenvalue weighted by atomic mass is 9.82. The fraction of sp³-hybridized carbons (Fsp3) is 0.486. The van der Waals surface area contributed by atoms with Gasteiger partial charge in [-0.3, -0.25) is 9.36 Å². The summed E-state index contributed by atoms with van der Waals surface area (Å²) >= 11 is 0. The highest BCUT2D eigenvalue weighted by atomic mass is 16.5. The number of hydrogen-bond acceptors (Lipinski definition) is 6. The minimum absolute atomic E-state index is 0.00151. The normalized spacial score (nSPS) is 19.8. The van der Waals surface area contributed by atoms with E-state index >= 15 is 0 Å². The van der Waals surface area contributed by atoms with Gasteiger partial charge in [-0.2, -0.15) is 15.3 Å². The molecule has 4 aromatic rings. The average Bonchev–Trinajstić information content (AvgIpc) is 3.36. The Morgan fingerprint density at radius 2 is 1.84 bits per heavy atom. The molecule has 1 aliphatic carbocycles. The molecule has 43 heavy (non-hydrogen) atoms. The van der Waals surface area contributed by atoms with Gasteiger partial charge in [0.15, 0.2) is 0 Å². The molecule has 0 saturated heterocycles. The average molecular weight is 582 g/mol. The van der Waals surface area contributed by atoms with E-state index in [0.29, 0.717) is 23.6 Å². The number of rotatable bonds is 9. The lowest BCUT2D eigenvalue weighted by molar-refractivity contribution is -0.163. The Balaban J connectivity index is 1.50. The van der Waals surface area contributed by atoms with Crippen molar-refractivity contribution in [2.75, 3.05) is 0 Å². The summed E-state index contributed by atoms with van der Waals surface area (Å²) < 4.78 is 10.1. The molecule has 8 nitrogen and oxygen atoms in total. The van der Waals surface area contributed by atoms with Crippen LogP contribution in [0.5, 0.6) is 0 Å². The fourth-order valence-corrected chi connectivity index (χ4v) is 6.23. The summed E-state index contributed by atoms with van der Waals surface area (Å²) in [4.78, 5) is 19.2. The molecule has 8 heteroatoms. The Morgan fingerprint density at radius 3 is 2.47 bits per heavy atom. The molecule has 1 N–H and O–H groups in total. The predicted molar refractivity (Wildman–Crippen MR) is 168 cm³/mol. The molecule has 0 radical (unpaired) electrons. The number of aliphatic hydroxyl groups is 1. The maximum atomic E-state index is 14.4. The van der Waals surface area contributed by atoms with Gasteiger partial charge in [-0.05, 0) is 89.5 Å². The molecule has 2 aromatic carbocycles. The molecule has 226 valence electrons. The van der Waals surface area contributed by atoms with Crippen molar-refractivity contribution in [3.63, 3.8) is 0 Å². The number of benzene rings is 2. The quantitative estimate of drug-likeness (QED) is 0.248. The van der Waals surface area contributed by atoms with E-state index in [0.717, 1.165) is 66.5 Å². The van der Waals surface area contributed by atoms with Gasteiger partial charge < -0.3 is 9.84 Å². The first-order valence-corrected chi connectivity index (χ1v) is 15.4. The van der Waals surface area contributed by atoms with Crippen molar-refractivity contribution in [3.8, 4) is 17.2 Å². The smallest absolute Gasteiger partial charge is 0.259 e. The van der Waals surface area contributed by atoms with Gasteiger partial charge in [-0.15, -0.1) is 0 Å². The third kappa shape index (κ3) is 6.29. The van der Waals surface area contributed by atoms with Crippen molar-refractivity contribution in [1.29, 1.82) is 5.26 Å². The summed E-state index contributed by atoms with van der Waals surface area (Å²) in [5, 5.41) is 24.7. The van der Waals surface area contributed by atoms with E-state index in [-0.39, 0.29) is 23.3 Å². The molecular formula is C35H43N5O3. The zero-order chi connectivity index (χ0) is 30.9. The third-order valence-corrected chi connectivity index (χ3v) is 9.01. The number of aryl methyl sites for hydroxylation is 2. The second-order valence-corrected chi connectivity index (χ2v) is 12.8. The molecule has 1 fully saturated rings. The number of aromatic nitrogens is 4. The Bertz CT molecular complexity index is 1700. The molecule has 1 saturated carbocycles.